The Morgan fingerprint density at radius 1 is 1.53 bits per heavy atom. The monoisotopic (exact) mass is 267 g/mol. The van der Waals surface area contributed by atoms with Gasteiger partial charge in [-0.2, -0.15) is 5.26 Å². The molecule has 0 aromatic rings. The van der Waals surface area contributed by atoms with Crippen LogP contribution < -0.4 is 5.32 Å². The molecule has 1 heterocycles. The molecule has 1 aliphatic rings. The molecule has 1 amide bonds. The Balaban J connectivity index is 2.33. The van der Waals surface area contributed by atoms with E-state index in [2.05, 4.69) is 11.4 Å². The zero-order valence-electron chi connectivity index (χ0n) is 12.2. The number of nitrogens with one attached hydrogen (secondary N) is 1. The van der Waals surface area contributed by atoms with Crippen LogP contribution in [0.25, 0.3) is 0 Å². The van der Waals surface area contributed by atoms with E-state index in [0.717, 1.165) is 38.9 Å². The Hall–Kier alpha value is -1.28. The number of unbranched alkanes of at least 4 members (excludes halogenated alkanes) is 1. The number of nitrogens with zero attached hydrogens (tertiary/aromatic N) is 2. The summed E-state index contributed by atoms with van der Waals surface area (Å²) in [6.45, 7) is 8.04. The van der Waals surface area contributed by atoms with Crippen LogP contribution in [0.1, 0.15) is 46.5 Å². The highest BCUT2D eigenvalue weighted by Gasteiger charge is 2.31. The second kappa shape index (κ2) is 7.34. The summed E-state index contributed by atoms with van der Waals surface area (Å²) in [6.07, 6.45) is 3.27. The summed E-state index contributed by atoms with van der Waals surface area (Å²) in [6, 6.07) is 2.34. The lowest BCUT2D eigenvalue weighted by Gasteiger charge is -2.28. The minimum atomic E-state index is -0.440. The van der Waals surface area contributed by atoms with E-state index in [-0.39, 0.29) is 12.1 Å². The quantitative estimate of drug-likeness (QED) is 0.776. The van der Waals surface area contributed by atoms with Gasteiger partial charge in [0.2, 0.25) is 0 Å². The molecule has 1 fully saturated rings. The first-order valence-electron chi connectivity index (χ1n) is 7.01. The van der Waals surface area contributed by atoms with Gasteiger partial charge in [0.1, 0.15) is 5.60 Å². The summed E-state index contributed by atoms with van der Waals surface area (Å²) in [7, 11) is 0. The predicted molar refractivity (Wildman–Crippen MR) is 73.7 cm³/mol. The number of hydrogen-bond acceptors (Lipinski definition) is 4. The molecule has 108 valence electrons. The van der Waals surface area contributed by atoms with Gasteiger partial charge in [0, 0.05) is 25.6 Å². The van der Waals surface area contributed by atoms with Crippen molar-refractivity contribution in [2.24, 2.45) is 0 Å². The molecule has 5 nitrogen and oxygen atoms in total. The molecular formula is C14H25N3O2. The van der Waals surface area contributed by atoms with Crippen molar-refractivity contribution in [1.82, 2.24) is 10.2 Å². The fraction of sp³-hybridized carbons (Fsp3) is 0.857. The first-order chi connectivity index (χ1) is 8.94. The fourth-order valence-electron chi connectivity index (χ4n) is 2.17. The highest BCUT2D eigenvalue weighted by atomic mass is 16.6. The third-order valence-corrected chi connectivity index (χ3v) is 3.03. The normalized spacial score (nSPS) is 19.3. The van der Waals surface area contributed by atoms with E-state index in [0.29, 0.717) is 6.42 Å². The van der Waals surface area contributed by atoms with Crippen molar-refractivity contribution in [3.63, 3.8) is 0 Å². The van der Waals surface area contributed by atoms with E-state index >= 15 is 0 Å². The number of likely N-dealkylation sites (tertiary alicyclic amines) is 1. The zero-order valence-corrected chi connectivity index (χ0v) is 12.2. The minimum Gasteiger partial charge on any atom is -0.444 e. The van der Waals surface area contributed by atoms with Crippen molar-refractivity contribution in [3.05, 3.63) is 0 Å². The Bertz CT molecular complexity index is 331. The smallest absolute Gasteiger partial charge is 0.410 e. The van der Waals surface area contributed by atoms with E-state index in [1.54, 1.807) is 0 Å². The standard InChI is InChI=1S/C14H25N3O2/c1-14(2,3)19-13(18)17-10-6-7-12(17)11-16-9-5-4-8-15/h12,16H,4-7,9-11H2,1-3H3. The number of carbonyl (C=O) groups excluding carboxylic acids is 1. The minimum absolute atomic E-state index is 0.214. The summed E-state index contributed by atoms with van der Waals surface area (Å²) < 4.78 is 5.41. The molecule has 1 rings (SSSR count). The molecule has 0 aromatic carbocycles. The van der Waals surface area contributed by atoms with Gasteiger partial charge in [-0.1, -0.05) is 0 Å². The van der Waals surface area contributed by atoms with Crippen molar-refractivity contribution in [1.29, 1.82) is 5.26 Å². The Morgan fingerprint density at radius 3 is 2.89 bits per heavy atom. The summed E-state index contributed by atoms with van der Waals surface area (Å²) in [5, 5.41) is 11.8. The summed E-state index contributed by atoms with van der Waals surface area (Å²) in [4.78, 5) is 13.9. The van der Waals surface area contributed by atoms with Gasteiger partial charge >= 0.3 is 6.09 Å². The molecule has 0 bridgehead atoms. The van der Waals surface area contributed by atoms with E-state index in [9.17, 15) is 4.79 Å². The lowest BCUT2D eigenvalue weighted by Crippen LogP contribution is -2.44. The largest absolute Gasteiger partial charge is 0.444 e. The number of amides is 1. The fourth-order valence-corrected chi connectivity index (χ4v) is 2.17. The SMILES string of the molecule is CC(C)(C)OC(=O)N1CCCC1CNCCCC#N. The lowest BCUT2D eigenvalue weighted by atomic mass is 10.2. The highest BCUT2D eigenvalue weighted by molar-refractivity contribution is 5.69. The maximum atomic E-state index is 12.0. The molecule has 1 N–H and O–H groups in total. The molecular weight excluding hydrogens is 242 g/mol. The molecule has 0 aromatic heterocycles. The van der Waals surface area contributed by atoms with E-state index < -0.39 is 5.60 Å². The van der Waals surface area contributed by atoms with Gasteiger partial charge in [-0.05, 0) is 46.6 Å². The molecule has 1 atom stereocenters. The van der Waals surface area contributed by atoms with Gasteiger partial charge in [0.15, 0.2) is 0 Å². The van der Waals surface area contributed by atoms with Gasteiger partial charge in [-0.3, -0.25) is 0 Å². The Morgan fingerprint density at radius 2 is 2.26 bits per heavy atom. The molecule has 5 heteroatoms. The van der Waals surface area contributed by atoms with Gasteiger partial charge < -0.3 is 15.0 Å². The lowest BCUT2D eigenvalue weighted by molar-refractivity contribution is 0.0227. The van der Waals surface area contributed by atoms with Crippen LogP contribution in [0.3, 0.4) is 0 Å². The van der Waals surface area contributed by atoms with E-state index in [1.807, 2.05) is 25.7 Å². The van der Waals surface area contributed by atoms with Gasteiger partial charge in [-0.25, -0.2) is 4.79 Å². The van der Waals surface area contributed by atoms with Gasteiger partial charge in [0.25, 0.3) is 0 Å². The predicted octanol–water partition coefficient (Wildman–Crippen LogP) is 2.28. The Labute approximate surface area is 115 Å². The average Bonchev–Trinajstić information content (AvgIpc) is 2.75. The third-order valence-electron chi connectivity index (χ3n) is 3.03. The summed E-state index contributed by atoms with van der Waals surface area (Å²) >= 11 is 0. The molecule has 0 saturated carbocycles. The van der Waals surface area contributed by atoms with Crippen LogP contribution in [0.4, 0.5) is 4.79 Å². The van der Waals surface area contributed by atoms with Crippen LogP contribution in [-0.4, -0.2) is 42.3 Å². The molecule has 0 radical (unpaired) electrons. The highest BCUT2D eigenvalue weighted by Crippen LogP contribution is 2.20. The maximum Gasteiger partial charge on any atom is 0.410 e. The van der Waals surface area contributed by atoms with Crippen molar-refractivity contribution >= 4 is 6.09 Å². The van der Waals surface area contributed by atoms with Crippen LogP contribution in [0.5, 0.6) is 0 Å². The molecule has 19 heavy (non-hydrogen) atoms. The maximum absolute atomic E-state index is 12.0. The van der Waals surface area contributed by atoms with Crippen LogP contribution in [0.2, 0.25) is 0 Å². The zero-order chi connectivity index (χ0) is 14.3. The van der Waals surface area contributed by atoms with E-state index in [4.69, 9.17) is 10.00 Å². The first kappa shape index (κ1) is 15.8. The van der Waals surface area contributed by atoms with Crippen molar-refractivity contribution in [2.75, 3.05) is 19.6 Å². The second-order valence-corrected chi connectivity index (χ2v) is 5.94. The van der Waals surface area contributed by atoms with Crippen LogP contribution in [0.15, 0.2) is 0 Å². The molecule has 1 aliphatic heterocycles. The van der Waals surface area contributed by atoms with Gasteiger partial charge in [0.05, 0.1) is 6.07 Å². The number of rotatable bonds is 5. The van der Waals surface area contributed by atoms with Crippen molar-refractivity contribution in [2.45, 2.75) is 58.1 Å². The summed E-state index contributed by atoms with van der Waals surface area (Å²) in [5.74, 6) is 0. The Kier molecular flexibility index (Phi) is 6.10. The number of ether oxygens (including phenoxy) is 1. The van der Waals surface area contributed by atoms with Crippen molar-refractivity contribution < 1.29 is 9.53 Å². The number of hydrogen-bond donors (Lipinski definition) is 1. The van der Waals surface area contributed by atoms with E-state index in [1.165, 1.54) is 0 Å². The van der Waals surface area contributed by atoms with Crippen LogP contribution >= 0.6 is 0 Å². The number of carbonyl (C=O) groups is 1. The molecule has 1 unspecified atom stereocenters. The molecule has 1 saturated heterocycles. The first-order valence-corrected chi connectivity index (χ1v) is 7.01. The van der Waals surface area contributed by atoms with Gasteiger partial charge in [-0.15, -0.1) is 0 Å². The third kappa shape index (κ3) is 5.93. The molecule has 0 spiro atoms. The topological polar surface area (TPSA) is 65.4 Å². The van der Waals surface area contributed by atoms with Crippen LogP contribution in [-0.2, 0) is 4.74 Å². The molecule has 0 aliphatic carbocycles. The second-order valence-electron chi connectivity index (χ2n) is 5.94. The van der Waals surface area contributed by atoms with Crippen LogP contribution in [0, 0.1) is 11.3 Å². The number of nitriles is 1. The van der Waals surface area contributed by atoms with Crippen molar-refractivity contribution in [3.8, 4) is 6.07 Å². The summed E-state index contributed by atoms with van der Waals surface area (Å²) in [5.41, 5.74) is -0.440. The average molecular weight is 267 g/mol.